The summed E-state index contributed by atoms with van der Waals surface area (Å²) in [5, 5.41) is 0. The molecule has 2 atom stereocenters. The Morgan fingerprint density at radius 1 is 1.35 bits per heavy atom. The van der Waals surface area contributed by atoms with Crippen molar-refractivity contribution in [3.05, 3.63) is 35.6 Å². The first-order valence-electron chi connectivity index (χ1n) is 8.29. The second kappa shape index (κ2) is 8.70. The standard InChI is InChI=1S/C19H28O4/c1-6-15(10-9-14(4)20)12-19(8-3)13-16(7-2)17(23-19)11-18(21)22-5/h9-11,13,15H,6-8,12H2,1-5H3/b10-9+,17-11-/t15-,19-/m0/s1. The molecule has 0 saturated carbocycles. The lowest BCUT2D eigenvalue weighted by molar-refractivity contribution is -0.135. The van der Waals surface area contributed by atoms with Crippen molar-refractivity contribution >= 4 is 11.8 Å². The molecule has 1 heterocycles. The molecule has 0 radical (unpaired) electrons. The van der Waals surface area contributed by atoms with Gasteiger partial charge in [-0.05, 0) is 56.3 Å². The molecule has 0 N–H and O–H groups in total. The van der Waals surface area contributed by atoms with Gasteiger partial charge in [-0.3, -0.25) is 4.79 Å². The summed E-state index contributed by atoms with van der Waals surface area (Å²) < 4.78 is 10.9. The number of methoxy groups -OCH3 is 1. The van der Waals surface area contributed by atoms with E-state index >= 15 is 0 Å². The number of carbonyl (C=O) groups is 2. The lowest BCUT2D eigenvalue weighted by Gasteiger charge is -2.29. The smallest absolute Gasteiger partial charge is 0.334 e. The maximum Gasteiger partial charge on any atom is 0.334 e. The number of ether oxygens (including phenoxy) is 2. The first kappa shape index (κ1) is 19.2. The number of hydrogen-bond donors (Lipinski definition) is 0. The molecular formula is C19H28O4. The molecular weight excluding hydrogens is 292 g/mol. The maximum atomic E-state index is 11.5. The van der Waals surface area contributed by atoms with Gasteiger partial charge in [-0.15, -0.1) is 0 Å². The lowest BCUT2D eigenvalue weighted by atomic mass is 9.86. The van der Waals surface area contributed by atoms with Gasteiger partial charge in [0.05, 0.1) is 13.2 Å². The minimum atomic E-state index is -0.424. The monoisotopic (exact) mass is 320 g/mol. The second-order valence-corrected chi connectivity index (χ2v) is 5.92. The predicted octanol–water partition coefficient (Wildman–Crippen LogP) is 4.12. The Balaban J connectivity index is 3.01. The number of ketones is 1. The highest BCUT2D eigenvalue weighted by Gasteiger charge is 2.37. The van der Waals surface area contributed by atoms with E-state index in [1.807, 2.05) is 13.0 Å². The average molecular weight is 320 g/mol. The number of hydrogen-bond acceptors (Lipinski definition) is 4. The van der Waals surface area contributed by atoms with Crippen LogP contribution in [0.15, 0.2) is 35.6 Å². The number of esters is 1. The van der Waals surface area contributed by atoms with Crippen molar-refractivity contribution in [2.75, 3.05) is 7.11 Å². The van der Waals surface area contributed by atoms with Gasteiger partial charge < -0.3 is 9.47 Å². The zero-order valence-electron chi connectivity index (χ0n) is 14.8. The van der Waals surface area contributed by atoms with Gasteiger partial charge in [0, 0.05) is 0 Å². The Labute approximate surface area is 139 Å². The summed E-state index contributed by atoms with van der Waals surface area (Å²) in [6.45, 7) is 7.77. The van der Waals surface area contributed by atoms with Crippen LogP contribution in [0.4, 0.5) is 0 Å². The van der Waals surface area contributed by atoms with Crippen LogP contribution in [-0.2, 0) is 19.1 Å². The second-order valence-electron chi connectivity index (χ2n) is 5.92. The van der Waals surface area contributed by atoms with Gasteiger partial charge >= 0.3 is 5.97 Å². The molecule has 1 aliphatic heterocycles. The third-order valence-electron chi connectivity index (χ3n) is 4.23. The molecule has 1 rings (SSSR count). The summed E-state index contributed by atoms with van der Waals surface area (Å²) in [5.74, 6) is 0.504. The molecule has 0 aliphatic carbocycles. The van der Waals surface area contributed by atoms with Crippen LogP contribution in [0.25, 0.3) is 0 Å². The van der Waals surface area contributed by atoms with E-state index in [2.05, 4.69) is 19.9 Å². The molecule has 0 spiro atoms. The molecule has 4 nitrogen and oxygen atoms in total. The van der Waals surface area contributed by atoms with Crippen LogP contribution < -0.4 is 0 Å². The van der Waals surface area contributed by atoms with Gasteiger partial charge in [0.1, 0.15) is 11.4 Å². The fourth-order valence-corrected chi connectivity index (χ4v) is 2.75. The van der Waals surface area contributed by atoms with Crippen molar-refractivity contribution in [3.8, 4) is 0 Å². The Bertz CT molecular complexity index is 527. The minimum absolute atomic E-state index is 0.0532. The summed E-state index contributed by atoms with van der Waals surface area (Å²) >= 11 is 0. The Hall–Kier alpha value is -1.84. The fraction of sp³-hybridized carbons (Fsp3) is 0.579. The van der Waals surface area contributed by atoms with Gasteiger partial charge in [-0.25, -0.2) is 4.79 Å². The molecule has 0 aromatic carbocycles. The molecule has 0 aromatic heterocycles. The first-order valence-corrected chi connectivity index (χ1v) is 8.29. The third kappa shape index (κ3) is 5.38. The topological polar surface area (TPSA) is 52.6 Å². The van der Waals surface area contributed by atoms with Crippen LogP contribution in [0.3, 0.4) is 0 Å². The minimum Gasteiger partial charge on any atom is -0.483 e. The van der Waals surface area contributed by atoms with Crippen molar-refractivity contribution in [1.29, 1.82) is 0 Å². The summed E-state index contributed by atoms with van der Waals surface area (Å²) in [6, 6.07) is 0. The largest absolute Gasteiger partial charge is 0.483 e. The number of allylic oxidation sites excluding steroid dienone is 3. The molecule has 0 bridgehead atoms. The highest BCUT2D eigenvalue weighted by molar-refractivity contribution is 5.87. The van der Waals surface area contributed by atoms with E-state index in [1.54, 1.807) is 13.0 Å². The Kier molecular flexibility index (Phi) is 7.27. The van der Waals surface area contributed by atoms with E-state index in [4.69, 9.17) is 9.47 Å². The van der Waals surface area contributed by atoms with Crippen LogP contribution in [0, 0.1) is 5.92 Å². The van der Waals surface area contributed by atoms with E-state index in [1.165, 1.54) is 13.2 Å². The van der Waals surface area contributed by atoms with E-state index in [9.17, 15) is 9.59 Å². The molecule has 0 amide bonds. The predicted molar refractivity (Wildman–Crippen MR) is 90.8 cm³/mol. The number of carbonyl (C=O) groups excluding carboxylic acids is 2. The van der Waals surface area contributed by atoms with Crippen LogP contribution in [0.5, 0.6) is 0 Å². The summed E-state index contributed by atoms with van der Waals surface area (Å²) in [5.41, 5.74) is 0.607. The van der Waals surface area contributed by atoms with Gasteiger partial charge in [0.2, 0.25) is 0 Å². The van der Waals surface area contributed by atoms with Gasteiger partial charge in [-0.2, -0.15) is 0 Å². The molecule has 23 heavy (non-hydrogen) atoms. The van der Waals surface area contributed by atoms with Crippen molar-refractivity contribution in [2.24, 2.45) is 5.92 Å². The molecule has 0 aromatic rings. The Morgan fingerprint density at radius 2 is 2.04 bits per heavy atom. The van der Waals surface area contributed by atoms with E-state index in [-0.39, 0.29) is 11.7 Å². The van der Waals surface area contributed by atoms with Gasteiger partial charge in [0.15, 0.2) is 5.78 Å². The van der Waals surface area contributed by atoms with Gasteiger partial charge in [0.25, 0.3) is 0 Å². The summed E-state index contributed by atoms with van der Waals surface area (Å²) in [4.78, 5) is 22.7. The van der Waals surface area contributed by atoms with Crippen molar-refractivity contribution in [3.63, 3.8) is 0 Å². The normalized spacial score (nSPS) is 23.7. The van der Waals surface area contributed by atoms with Crippen molar-refractivity contribution < 1.29 is 19.1 Å². The molecule has 1 aliphatic rings. The van der Waals surface area contributed by atoms with E-state index in [0.29, 0.717) is 5.76 Å². The average Bonchev–Trinajstić information content (AvgIpc) is 2.89. The van der Waals surface area contributed by atoms with Crippen LogP contribution in [0.1, 0.15) is 53.4 Å². The third-order valence-corrected chi connectivity index (χ3v) is 4.23. The van der Waals surface area contributed by atoms with Crippen LogP contribution >= 0.6 is 0 Å². The zero-order chi connectivity index (χ0) is 17.5. The first-order chi connectivity index (χ1) is 10.9. The highest BCUT2D eigenvalue weighted by Crippen LogP contribution is 2.40. The van der Waals surface area contributed by atoms with Crippen molar-refractivity contribution in [1.82, 2.24) is 0 Å². The number of rotatable bonds is 8. The zero-order valence-corrected chi connectivity index (χ0v) is 14.8. The molecule has 0 saturated heterocycles. The molecule has 0 fully saturated rings. The molecule has 128 valence electrons. The molecule has 0 unspecified atom stereocenters. The van der Waals surface area contributed by atoms with Crippen molar-refractivity contribution in [2.45, 2.75) is 59.0 Å². The molecule has 4 heteroatoms. The maximum absolute atomic E-state index is 11.5. The van der Waals surface area contributed by atoms with Crippen LogP contribution in [-0.4, -0.2) is 24.5 Å². The summed E-state index contributed by atoms with van der Waals surface area (Å²) in [7, 11) is 1.36. The fourth-order valence-electron chi connectivity index (χ4n) is 2.75. The quantitative estimate of drug-likeness (QED) is 0.498. The highest BCUT2D eigenvalue weighted by atomic mass is 16.5. The van der Waals surface area contributed by atoms with E-state index in [0.717, 1.165) is 31.3 Å². The van der Waals surface area contributed by atoms with E-state index < -0.39 is 11.6 Å². The van der Waals surface area contributed by atoms with Crippen LogP contribution in [0.2, 0.25) is 0 Å². The summed E-state index contributed by atoms with van der Waals surface area (Å²) in [6.07, 6.45) is 10.5. The van der Waals surface area contributed by atoms with Gasteiger partial charge in [-0.1, -0.05) is 26.8 Å². The Morgan fingerprint density at radius 3 is 2.52 bits per heavy atom. The SMILES string of the molecule is CCC1=C[C@](CC)(C[C@H](/C=C/C(C)=O)CC)O/C1=C\C(=O)OC. The lowest BCUT2D eigenvalue weighted by Crippen LogP contribution is -2.28.